The minimum atomic E-state index is -3.37. The van der Waals surface area contributed by atoms with Crippen LogP contribution in [0.1, 0.15) is 19.8 Å². The summed E-state index contributed by atoms with van der Waals surface area (Å²) in [5.74, 6) is 0. The third-order valence-electron chi connectivity index (χ3n) is 2.91. The molecule has 0 spiro atoms. The maximum Gasteiger partial charge on any atom is 0.246 e. The molecule has 0 radical (unpaired) electrons. The molecular weight excluding hydrogens is 242 g/mol. The molecule has 17 heavy (non-hydrogen) atoms. The van der Waals surface area contributed by atoms with Crippen molar-refractivity contribution in [2.24, 2.45) is 0 Å². The fraction of sp³-hybridized carbons (Fsp3) is 0.700. The molecule has 0 bridgehead atoms. The predicted octanol–water partition coefficient (Wildman–Crippen LogP) is 0.599. The molecule has 0 amide bonds. The van der Waals surface area contributed by atoms with Gasteiger partial charge in [-0.05, 0) is 19.8 Å². The molecule has 1 N–H and O–H groups in total. The lowest BCUT2D eigenvalue weighted by Gasteiger charge is -2.30. The van der Waals surface area contributed by atoms with E-state index in [4.69, 9.17) is 4.74 Å². The van der Waals surface area contributed by atoms with Crippen molar-refractivity contribution in [3.63, 3.8) is 0 Å². The maximum atomic E-state index is 12.1. The Morgan fingerprint density at radius 3 is 2.76 bits per heavy atom. The molecule has 96 valence electrons. The van der Waals surface area contributed by atoms with Gasteiger partial charge < -0.3 is 4.74 Å². The largest absolute Gasteiger partial charge is 0.378 e. The Labute approximate surface area is 101 Å². The van der Waals surface area contributed by atoms with Gasteiger partial charge in [0.15, 0.2) is 0 Å². The Bertz CT molecular complexity index is 435. The van der Waals surface area contributed by atoms with Crippen molar-refractivity contribution in [3.05, 3.63) is 12.4 Å². The van der Waals surface area contributed by atoms with Gasteiger partial charge in [-0.25, -0.2) is 8.42 Å². The number of aromatic nitrogens is 2. The number of aromatic amines is 1. The first kappa shape index (κ1) is 12.5. The van der Waals surface area contributed by atoms with Crippen LogP contribution in [-0.2, 0) is 14.8 Å². The number of piperidine rings is 1. The van der Waals surface area contributed by atoms with Crippen LogP contribution >= 0.6 is 0 Å². The Morgan fingerprint density at radius 2 is 2.24 bits per heavy atom. The van der Waals surface area contributed by atoms with Gasteiger partial charge >= 0.3 is 0 Å². The molecule has 1 fully saturated rings. The second-order valence-corrected chi connectivity index (χ2v) is 5.93. The molecule has 1 aliphatic rings. The monoisotopic (exact) mass is 259 g/mol. The minimum absolute atomic E-state index is 0.191. The van der Waals surface area contributed by atoms with Gasteiger partial charge in [0.2, 0.25) is 10.0 Å². The number of sulfonamides is 1. The smallest absolute Gasteiger partial charge is 0.246 e. The topological polar surface area (TPSA) is 75.3 Å². The van der Waals surface area contributed by atoms with E-state index in [2.05, 4.69) is 10.2 Å². The van der Waals surface area contributed by atoms with Crippen LogP contribution in [0, 0.1) is 0 Å². The van der Waals surface area contributed by atoms with E-state index in [1.54, 1.807) is 0 Å². The minimum Gasteiger partial charge on any atom is -0.378 e. The van der Waals surface area contributed by atoms with Crippen LogP contribution in [0.5, 0.6) is 0 Å². The zero-order valence-corrected chi connectivity index (χ0v) is 10.6. The van der Waals surface area contributed by atoms with Crippen molar-refractivity contribution in [1.82, 2.24) is 14.5 Å². The summed E-state index contributed by atoms with van der Waals surface area (Å²) in [6.07, 6.45) is 4.44. The number of nitrogens with one attached hydrogen (secondary N) is 1. The van der Waals surface area contributed by atoms with Crippen LogP contribution in [0.15, 0.2) is 17.3 Å². The molecule has 2 heterocycles. The number of ether oxygens (including phenoxy) is 1. The lowest BCUT2D eigenvalue weighted by atomic mass is 10.1. The summed E-state index contributed by atoms with van der Waals surface area (Å²) in [7, 11) is -3.37. The second-order valence-electron chi connectivity index (χ2n) is 3.99. The average Bonchev–Trinajstić information content (AvgIpc) is 2.84. The lowest BCUT2D eigenvalue weighted by Crippen LogP contribution is -2.40. The SMILES string of the molecule is CCOC1CCN(S(=O)(=O)c2cn[nH]c2)CC1. The number of H-pyrrole nitrogens is 1. The van der Waals surface area contributed by atoms with Crippen molar-refractivity contribution >= 4 is 10.0 Å². The lowest BCUT2D eigenvalue weighted by molar-refractivity contribution is 0.0290. The van der Waals surface area contributed by atoms with Gasteiger partial charge in [-0.15, -0.1) is 0 Å². The molecule has 7 heteroatoms. The maximum absolute atomic E-state index is 12.1. The molecule has 0 unspecified atom stereocenters. The number of rotatable bonds is 4. The molecule has 1 saturated heterocycles. The van der Waals surface area contributed by atoms with E-state index in [1.165, 1.54) is 16.7 Å². The summed E-state index contributed by atoms with van der Waals surface area (Å²) in [4.78, 5) is 0.229. The first-order chi connectivity index (χ1) is 8.14. The average molecular weight is 259 g/mol. The van der Waals surface area contributed by atoms with Crippen LogP contribution in [-0.4, -0.2) is 48.7 Å². The van der Waals surface area contributed by atoms with E-state index in [1.807, 2.05) is 6.92 Å². The van der Waals surface area contributed by atoms with Crippen LogP contribution in [0.4, 0.5) is 0 Å². The van der Waals surface area contributed by atoms with Gasteiger partial charge in [-0.1, -0.05) is 0 Å². The highest BCUT2D eigenvalue weighted by molar-refractivity contribution is 7.89. The third-order valence-corrected chi connectivity index (χ3v) is 4.78. The van der Waals surface area contributed by atoms with Gasteiger partial charge in [-0.2, -0.15) is 9.40 Å². The van der Waals surface area contributed by atoms with E-state index in [0.717, 1.165) is 12.8 Å². The highest BCUT2D eigenvalue weighted by atomic mass is 32.2. The van der Waals surface area contributed by atoms with Crippen molar-refractivity contribution in [2.45, 2.75) is 30.8 Å². The molecule has 6 nitrogen and oxygen atoms in total. The predicted molar refractivity (Wildman–Crippen MR) is 62.0 cm³/mol. The van der Waals surface area contributed by atoms with Gasteiger partial charge in [0.1, 0.15) is 4.90 Å². The molecule has 0 aromatic carbocycles. The first-order valence-corrected chi connectivity index (χ1v) is 7.19. The van der Waals surface area contributed by atoms with Crippen LogP contribution in [0.3, 0.4) is 0 Å². The molecule has 0 aliphatic carbocycles. The molecule has 2 rings (SSSR count). The van der Waals surface area contributed by atoms with Crippen LogP contribution < -0.4 is 0 Å². The van der Waals surface area contributed by atoms with E-state index in [9.17, 15) is 8.42 Å². The highest BCUT2D eigenvalue weighted by Crippen LogP contribution is 2.21. The Balaban J connectivity index is 2.01. The Morgan fingerprint density at radius 1 is 1.53 bits per heavy atom. The zero-order chi connectivity index (χ0) is 12.3. The number of hydrogen-bond acceptors (Lipinski definition) is 4. The normalized spacial score (nSPS) is 19.6. The van der Waals surface area contributed by atoms with Crippen molar-refractivity contribution < 1.29 is 13.2 Å². The third kappa shape index (κ3) is 2.67. The summed E-state index contributed by atoms with van der Waals surface area (Å²) < 4.78 is 31.3. The van der Waals surface area contributed by atoms with E-state index < -0.39 is 10.0 Å². The van der Waals surface area contributed by atoms with Crippen molar-refractivity contribution in [3.8, 4) is 0 Å². The summed E-state index contributed by atoms with van der Waals surface area (Å²) >= 11 is 0. The zero-order valence-electron chi connectivity index (χ0n) is 9.80. The Hall–Kier alpha value is -0.920. The highest BCUT2D eigenvalue weighted by Gasteiger charge is 2.29. The van der Waals surface area contributed by atoms with Gasteiger partial charge in [0, 0.05) is 25.9 Å². The molecule has 0 atom stereocenters. The first-order valence-electron chi connectivity index (χ1n) is 5.75. The quantitative estimate of drug-likeness (QED) is 0.859. The summed E-state index contributed by atoms with van der Waals surface area (Å²) in [5.41, 5.74) is 0. The summed E-state index contributed by atoms with van der Waals surface area (Å²) in [6, 6.07) is 0. The van der Waals surface area contributed by atoms with Gasteiger partial charge in [-0.3, -0.25) is 5.10 Å². The standard InChI is InChI=1S/C10H17N3O3S/c1-2-16-9-3-5-13(6-4-9)17(14,15)10-7-11-12-8-10/h7-9H,2-6H2,1H3,(H,11,12). The molecular formula is C10H17N3O3S. The Kier molecular flexibility index (Phi) is 3.80. The van der Waals surface area contributed by atoms with Crippen LogP contribution in [0.2, 0.25) is 0 Å². The van der Waals surface area contributed by atoms with E-state index >= 15 is 0 Å². The van der Waals surface area contributed by atoms with E-state index in [-0.39, 0.29) is 11.0 Å². The molecule has 1 aliphatic heterocycles. The fourth-order valence-electron chi connectivity index (χ4n) is 2.00. The van der Waals surface area contributed by atoms with Crippen molar-refractivity contribution in [2.75, 3.05) is 19.7 Å². The number of hydrogen-bond donors (Lipinski definition) is 1. The molecule has 0 saturated carbocycles. The van der Waals surface area contributed by atoms with Gasteiger partial charge in [0.05, 0.1) is 12.3 Å². The summed E-state index contributed by atoms with van der Waals surface area (Å²) in [5, 5.41) is 6.20. The van der Waals surface area contributed by atoms with Crippen LogP contribution in [0.25, 0.3) is 0 Å². The molecule has 1 aromatic heterocycles. The fourth-order valence-corrected chi connectivity index (χ4v) is 3.38. The van der Waals surface area contributed by atoms with Crippen molar-refractivity contribution in [1.29, 1.82) is 0 Å². The van der Waals surface area contributed by atoms with Gasteiger partial charge in [0.25, 0.3) is 0 Å². The summed E-state index contributed by atoms with van der Waals surface area (Å²) in [6.45, 7) is 3.66. The second kappa shape index (κ2) is 5.16. The van der Waals surface area contributed by atoms with E-state index in [0.29, 0.717) is 19.7 Å². The number of nitrogens with zero attached hydrogens (tertiary/aromatic N) is 2. The molecule has 1 aromatic rings.